The number of rotatable bonds is 53. The third-order valence-corrected chi connectivity index (χ3v) is 14.2. The quantitative estimate of drug-likeness (QED) is 0.0228. The third kappa shape index (κ3) is 41.7. The Morgan fingerprint density at radius 2 is 0.773 bits per heavy atom. The number of hydrogen-bond donors (Lipinski definition) is 3. The van der Waals surface area contributed by atoms with Gasteiger partial charge in [0.2, 0.25) is 0 Å². The maximum Gasteiger partial charge on any atom is 0.335 e. The second kappa shape index (κ2) is 51.7. The van der Waals surface area contributed by atoms with Gasteiger partial charge in [-0.2, -0.15) is 0 Å². The molecule has 0 aromatic carbocycles. The molecule has 0 saturated carbocycles. The molecule has 3 N–H and O–H groups in total. The fraction of sp³-hybridized carbons (Fsp3) is 0.841. The van der Waals surface area contributed by atoms with Crippen LogP contribution in [0, 0.1) is 0 Å². The van der Waals surface area contributed by atoms with E-state index in [1.54, 1.807) is 0 Å². The third-order valence-electron chi connectivity index (χ3n) is 14.2. The van der Waals surface area contributed by atoms with Gasteiger partial charge in [-0.05, 0) is 89.9 Å². The summed E-state index contributed by atoms with van der Waals surface area (Å²) in [4.78, 5) is 51.1. The molecule has 1 aliphatic rings. The number of aliphatic hydroxyl groups excluding tert-OH is 2. The SMILES string of the molecule is CCCC/C=C\CCCCCCCC(=O)OC(COC(=O)CCCCCCCCCCC/C=C\CCCCCCCC)COC1OC(C(=O)O)C(O)C(O)C1OC(=O)CCCCCCC/C=C\CCCCCCCC. The molecule has 6 atom stereocenters. The van der Waals surface area contributed by atoms with E-state index < -0.39 is 67.3 Å². The van der Waals surface area contributed by atoms with Crippen LogP contribution in [-0.2, 0) is 42.9 Å². The minimum Gasteiger partial charge on any atom is -0.479 e. The molecule has 436 valence electrons. The van der Waals surface area contributed by atoms with Gasteiger partial charge in [-0.15, -0.1) is 0 Å². The van der Waals surface area contributed by atoms with Crippen molar-refractivity contribution < 1.29 is 58.2 Å². The number of carbonyl (C=O) groups is 4. The fourth-order valence-corrected chi connectivity index (χ4v) is 9.34. The second-order valence-corrected chi connectivity index (χ2v) is 21.3. The number of esters is 3. The molecule has 1 aliphatic heterocycles. The molecule has 0 aromatic rings. The van der Waals surface area contributed by atoms with E-state index in [1.165, 1.54) is 135 Å². The summed E-state index contributed by atoms with van der Waals surface area (Å²) in [6.45, 7) is 5.95. The van der Waals surface area contributed by atoms with E-state index >= 15 is 0 Å². The Bertz CT molecular complexity index is 1450. The normalized spacial score (nSPS) is 18.3. The molecule has 1 rings (SSSR count). The van der Waals surface area contributed by atoms with Gasteiger partial charge in [0.15, 0.2) is 24.6 Å². The van der Waals surface area contributed by atoms with Gasteiger partial charge < -0.3 is 39.0 Å². The zero-order chi connectivity index (χ0) is 54.7. The lowest BCUT2D eigenvalue weighted by Gasteiger charge is -2.40. The number of carbonyl (C=O) groups excluding carboxylic acids is 3. The molecule has 0 radical (unpaired) electrons. The van der Waals surface area contributed by atoms with Crippen LogP contribution in [0.5, 0.6) is 0 Å². The van der Waals surface area contributed by atoms with Gasteiger partial charge in [0.25, 0.3) is 0 Å². The van der Waals surface area contributed by atoms with E-state index in [2.05, 4.69) is 57.2 Å². The summed E-state index contributed by atoms with van der Waals surface area (Å²) in [6, 6.07) is 0. The van der Waals surface area contributed by atoms with Gasteiger partial charge in [0.1, 0.15) is 18.8 Å². The van der Waals surface area contributed by atoms with Gasteiger partial charge in [0.05, 0.1) is 6.61 Å². The van der Waals surface area contributed by atoms with Crippen molar-refractivity contribution >= 4 is 23.9 Å². The van der Waals surface area contributed by atoms with Crippen LogP contribution in [0.25, 0.3) is 0 Å². The van der Waals surface area contributed by atoms with Crippen molar-refractivity contribution in [3.8, 4) is 0 Å². The van der Waals surface area contributed by atoms with Gasteiger partial charge in [0, 0.05) is 19.3 Å². The molecular weight excluding hydrogens is 949 g/mol. The summed E-state index contributed by atoms with van der Waals surface area (Å²) in [5.74, 6) is -3.12. The standard InChI is InChI=1S/C63H112O12/c1-4-7-10-13-16-19-22-24-26-27-28-29-31-32-35-37-40-43-46-49-55(64)71-52-54(73-56(65)50-47-44-41-38-34-21-18-15-12-9-6-3)53-72-63-61(59(68)58(67)60(75-63)62(69)70)74-57(66)51-48-45-42-39-36-33-30-25-23-20-17-14-11-8-5-2/h15,18,24-26,30,54,58-61,63,67-68H,4-14,16-17,19-23,27-29,31-53H2,1-3H3,(H,69,70)/b18-15-,26-24-,30-25-. The maximum atomic E-state index is 13.1. The Kier molecular flexibility index (Phi) is 48.2. The minimum atomic E-state index is -1.90. The van der Waals surface area contributed by atoms with E-state index in [0.29, 0.717) is 19.3 Å². The summed E-state index contributed by atoms with van der Waals surface area (Å²) >= 11 is 0. The predicted octanol–water partition coefficient (Wildman–Crippen LogP) is 16.0. The van der Waals surface area contributed by atoms with Crippen LogP contribution in [0.1, 0.15) is 290 Å². The van der Waals surface area contributed by atoms with Crippen LogP contribution >= 0.6 is 0 Å². The first-order valence-corrected chi connectivity index (χ1v) is 31.0. The lowest BCUT2D eigenvalue weighted by Crippen LogP contribution is -2.61. The monoisotopic (exact) mass is 1060 g/mol. The van der Waals surface area contributed by atoms with Crippen molar-refractivity contribution in [2.75, 3.05) is 13.2 Å². The lowest BCUT2D eigenvalue weighted by molar-refractivity contribution is -0.301. The number of aliphatic carboxylic acids is 1. The minimum absolute atomic E-state index is 0.0521. The number of unbranched alkanes of at least 4 members (excludes halogenated alkanes) is 33. The molecule has 0 aromatic heterocycles. The Morgan fingerprint density at radius 3 is 1.17 bits per heavy atom. The van der Waals surface area contributed by atoms with Crippen molar-refractivity contribution in [1.29, 1.82) is 0 Å². The molecular formula is C63H112O12. The molecule has 75 heavy (non-hydrogen) atoms. The van der Waals surface area contributed by atoms with Crippen molar-refractivity contribution in [1.82, 2.24) is 0 Å². The predicted molar refractivity (Wildman–Crippen MR) is 303 cm³/mol. The first kappa shape index (κ1) is 70.0. The zero-order valence-electron chi connectivity index (χ0n) is 48.1. The number of aliphatic hydroxyl groups is 2. The summed E-state index contributed by atoms with van der Waals surface area (Å²) in [5.41, 5.74) is 0. The number of ether oxygens (including phenoxy) is 5. The topological polar surface area (TPSA) is 175 Å². The van der Waals surface area contributed by atoms with E-state index in [1.807, 2.05) is 0 Å². The molecule has 0 bridgehead atoms. The summed E-state index contributed by atoms with van der Waals surface area (Å²) in [5, 5.41) is 31.5. The molecule has 12 nitrogen and oxygen atoms in total. The highest BCUT2D eigenvalue weighted by Crippen LogP contribution is 2.26. The van der Waals surface area contributed by atoms with Crippen LogP contribution in [0.15, 0.2) is 36.5 Å². The Balaban J connectivity index is 2.64. The molecule has 12 heteroatoms. The first-order valence-electron chi connectivity index (χ1n) is 31.0. The highest BCUT2D eigenvalue weighted by atomic mass is 16.7. The van der Waals surface area contributed by atoms with Crippen LogP contribution in [0.3, 0.4) is 0 Å². The van der Waals surface area contributed by atoms with Crippen molar-refractivity contribution in [3.63, 3.8) is 0 Å². The maximum absolute atomic E-state index is 13.1. The highest BCUT2D eigenvalue weighted by molar-refractivity contribution is 5.74. The van der Waals surface area contributed by atoms with Crippen molar-refractivity contribution in [2.24, 2.45) is 0 Å². The number of carboxylic acids is 1. The molecule has 1 fully saturated rings. The van der Waals surface area contributed by atoms with E-state index in [9.17, 15) is 34.5 Å². The van der Waals surface area contributed by atoms with E-state index in [4.69, 9.17) is 23.7 Å². The van der Waals surface area contributed by atoms with Crippen LogP contribution < -0.4 is 0 Å². The molecule has 0 amide bonds. The summed E-state index contributed by atoms with van der Waals surface area (Å²) in [7, 11) is 0. The Hall–Kier alpha value is -3.06. The van der Waals surface area contributed by atoms with Gasteiger partial charge >= 0.3 is 23.9 Å². The van der Waals surface area contributed by atoms with E-state index in [-0.39, 0.29) is 25.9 Å². The fourth-order valence-electron chi connectivity index (χ4n) is 9.34. The molecule has 0 aliphatic carbocycles. The largest absolute Gasteiger partial charge is 0.479 e. The highest BCUT2D eigenvalue weighted by Gasteiger charge is 2.50. The van der Waals surface area contributed by atoms with Gasteiger partial charge in [-0.3, -0.25) is 14.4 Å². The van der Waals surface area contributed by atoms with E-state index in [0.717, 1.165) is 96.3 Å². The molecule has 1 saturated heterocycles. The number of allylic oxidation sites excluding steroid dienone is 6. The van der Waals surface area contributed by atoms with Crippen LogP contribution in [0.4, 0.5) is 0 Å². The number of carboxylic acid groups (broad SMARTS) is 1. The summed E-state index contributed by atoms with van der Waals surface area (Å²) < 4.78 is 28.4. The lowest BCUT2D eigenvalue weighted by atomic mass is 9.98. The smallest absolute Gasteiger partial charge is 0.335 e. The van der Waals surface area contributed by atoms with Crippen LogP contribution in [-0.4, -0.2) is 89.2 Å². The van der Waals surface area contributed by atoms with Crippen LogP contribution in [0.2, 0.25) is 0 Å². The van der Waals surface area contributed by atoms with Crippen molar-refractivity contribution in [2.45, 2.75) is 327 Å². The average molecular weight is 1060 g/mol. The van der Waals surface area contributed by atoms with Crippen molar-refractivity contribution in [3.05, 3.63) is 36.5 Å². The zero-order valence-corrected chi connectivity index (χ0v) is 48.1. The van der Waals surface area contributed by atoms with Gasteiger partial charge in [-0.1, -0.05) is 218 Å². The summed E-state index contributed by atoms with van der Waals surface area (Å²) in [6.07, 6.45) is 48.3. The molecule has 0 spiro atoms. The Morgan fingerprint density at radius 1 is 0.427 bits per heavy atom. The second-order valence-electron chi connectivity index (χ2n) is 21.3. The number of hydrogen-bond acceptors (Lipinski definition) is 11. The Labute approximate surface area is 457 Å². The molecule has 6 unspecified atom stereocenters. The molecule has 1 heterocycles. The van der Waals surface area contributed by atoms with Gasteiger partial charge in [-0.25, -0.2) is 4.79 Å². The first-order chi connectivity index (χ1) is 36.6. The average Bonchev–Trinajstić information content (AvgIpc) is 3.39.